The van der Waals surface area contributed by atoms with Crippen molar-refractivity contribution in [2.75, 3.05) is 13.2 Å². The van der Waals surface area contributed by atoms with E-state index in [0.29, 0.717) is 23.6 Å². The van der Waals surface area contributed by atoms with Gasteiger partial charge in [-0.2, -0.15) is 0 Å². The lowest BCUT2D eigenvalue weighted by Crippen LogP contribution is -2.08. The number of carboxylic acids is 1. The lowest BCUT2D eigenvalue weighted by atomic mass is 10.00. The Morgan fingerprint density at radius 2 is 2.33 bits per heavy atom. The van der Waals surface area contributed by atoms with Crippen molar-refractivity contribution in [1.82, 2.24) is 0 Å². The zero-order valence-corrected chi connectivity index (χ0v) is 12.9. The summed E-state index contributed by atoms with van der Waals surface area (Å²) in [4.78, 5) is 11.2. The molecule has 0 radical (unpaired) electrons. The van der Waals surface area contributed by atoms with Gasteiger partial charge in [-0.05, 0) is 42.7 Å². The standard InChI is InChI=1S/C16H19ClO4/c1-3-11(16(18)19)6-12-7-13(17)4-5-15(12)10(2)20-8-14-9-21-14/h4-7,10,14H,3,8-9H2,1-2H3,(H,18,19)/t10-,14+/m1/s1. The number of aliphatic carboxylic acids is 1. The van der Waals surface area contributed by atoms with Gasteiger partial charge in [-0.15, -0.1) is 0 Å². The Kier molecular flexibility index (Phi) is 5.39. The van der Waals surface area contributed by atoms with E-state index in [4.69, 9.17) is 26.2 Å². The van der Waals surface area contributed by atoms with E-state index < -0.39 is 5.97 Å². The van der Waals surface area contributed by atoms with E-state index in [9.17, 15) is 4.79 Å². The first-order valence-electron chi connectivity index (χ1n) is 6.97. The topological polar surface area (TPSA) is 59.1 Å². The van der Waals surface area contributed by atoms with Crippen LogP contribution in [-0.2, 0) is 14.3 Å². The Hall–Kier alpha value is -1.36. The molecule has 5 heteroatoms. The summed E-state index contributed by atoms with van der Waals surface area (Å²) in [5.41, 5.74) is 2.05. The molecule has 2 atom stereocenters. The van der Waals surface area contributed by atoms with Crippen molar-refractivity contribution in [3.63, 3.8) is 0 Å². The summed E-state index contributed by atoms with van der Waals surface area (Å²) in [5.74, 6) is -0.914. The predicted molar refractivity (Wildman–Crippen MR) is 81.5 cm³/mol. The maximum atomic E-state index is 11.2. The quantitative estimate of drug-likeness (QED) is 0.616. The Morgan fingerprint density at radius 3 is 2.90 bits per heavy atom. The average Bonchev–Trinajstić information content (AvgIpc) is 3.26. The number of hydrogen-bond donors (Lipinski definition) is 1. The van der Waals surface area contributed by atoms with Gasteiger partial charge in [-0.1, -0.05) is 24.6 Å². The maximum absolute atomic E-state index is 11.2. The van der Waals surface area contributed by atoms with Crippen molar-refractivity contribution >= 4 is 23.6 Å². The smallest absolute Gasteiger partial charge is 0.331 e. The van der Waals surface area contributed by atoms with Gasteiger partial charge in [-0.25, -0.2) is 4.79 Å². The normalized spacial score (nSPS) is 19.4. The fraction of sp³-hybridized carbons (Fsp3) is 0.438. The second-order valence-electron chi connectivity index (χ2n) is 5.03. The number of rotatable bonds is 7. The van der Waals surface area contributed by atoms with Crippen LogP contribution < -0.4 is 0 Å². The van der Waals surface area contributed by atoms with Crippen LogP contribution in [0.4, 0.5) is 0 Å². The first-order chi connectivity index (χ1) is 10.0. The van der Waals surface area contributed by atoms with Gasteiger partial charge in [0.05, 0.1) is 19.3 Å². The molecule has 0 saturated carbocycles. The summed E-state index contributed by atoms with van der Waals surface area (Å²) < 4.78 is 10.9. The van der Waals surface area contributed by atoms with Gasteiger partial charge >= 0.3 is 5.97 Å². The van der Waals surface area contributed by atoms with E-state index in [1.807, 2.05) is 19.9 Å². The zero-order chi connectivity index (χ0) is 15.4. The van der Waals surface area contributed by atoms with E-state index in [-0.39, 0.29) is 12.2 Å². The minimum absolute atomic E-state index is 0.149. The summed E-state index contributed by atoms with van der Waals surface area (Å²) in [6.45, 7) is 5.05. The molecule has 0 bridgehead atoms. The van der Waals surface area contributed by atoms with Gasteiger partial charge in [0.25, 0.3) is 0 Å². The molecule has 1 heterocycles. The van der Waals surface area contributed by atoms with E-state index >= 15 is 0 Å². The fourth-order valence-electron chi connectivity index (χ4n) is 2.05. The molecule has 1 aliphatic rings. The van der Waals surface area contributed by atoms with Gasteiger partial charge < -0.3 is 14.6 Å². The number of hydrogen-bond acceptors (Lipinski definition) is 3. The Morgan fingerprint density at radius 1 is 1.62 bits per heavy atom. The Balaban J connectivity index is 2.25. The minimum atomic E-state index is -0.914. The molecule has 0 amide bonds. The lowest BCUT2D eigenvalue weighted by molar-refractivity contribution is -0.132. The molecule has 0 spiro atoms. The molecule has 1 fully saturated rings. The highest BCUT2D eigenvalue weighted by atomic mass is 35.5. The molecule has 1 saturated heterocycles. The molecule has 1 aromatic rings. The highest BCUT2D eigenvalue weighted by Crippen LogP contribution is 2.27. The van der Waals surface area contributed by atoms with Crippen LogP contribution in [0.5, 0.6) is 0 Å². The SMILES string of the molecule is CCC(=Cc1cc(Cl)ccc1[C@@H](C)OC[C@H]1CO1)C(=O)O. The monoisotopic (exact) mass is 310 g/mol. The molecule has 1 aromatic carbocycles. The zero-order valence-electron chi connectivity index (χ0n) is 12.1. The van der Waals surface area contributed by atoms with Crippen molar-refractivity contribution in [2.45, 2.75) is 32.5 Å². The number of benzene rings is 1. The van der Waals surface area contributed by atoms with Crippen molar-refractivity contribution in [3.8, 4) is 0 Å². The lowest BCUT2D eigenvalue weighted by Gasteiger charge is -2.16. The molecule has 2 rings (SSSR count). The van der Waals surface area contributed by atoms with Crippen molar-refractivity contribution in [3.05, 3.63) is 39.9 Å². The van der Waals surface area contributed by atoms with E-state index in [2.05, 4.69) is 0 Å². The number of halogens is 1. The molecular formula is C16H19ClO4. The van der Waals surface area contributed by atoms with E-state index in [0.717, 1.165) is 17.7 Å². The van der Waals surface area contributed by atoms with Gasteiger partial charge in [0, 0.05) is 10.6 Å². The van der Waals surface area contributed by atoms with Gasteiger partial charge in [-0.3, -0.25) is 0 Å². The molecule has 21 heavy (non-hydrogen) atoms. The van der Waals surface area contributed by atoms with Crippen LogP contribution >= 0.6 is 11.6 Å². The van der Waals surface area contributed by atoms with E-state index in [1.165, 1.54) is 0 Å². The summed E-state index contributed by atoms with van der Waals surface area (Å²) in [6.07, 6.45) is 2.16. The van der Waals surface area contributed by atoms with Crippen LogP contribution in [0.25, 0.3) is 6.08 Å². The minimum Gasteiger partial charge on any atom is -0.478 e. The first-order valence-corrected chi connectivity index (χ1v) is 7.35. The summed E-state index contributed by atoms with van der Waals surface area (Å²) >= 11 is 6.03. The maximum Gasteiger partial charge on any atom is 0.331 e. The fourth-order valence-corrected chi connectivity index (χ4v) is 2.23. The van der Waals surface area contributed by atoms with Crippen LogP contribution in [-0.4, -0.2) is 30.4 Å². The highest BCUT2D eigenvalue weighted by molar-refractivity contribution is 6.30. The van der Waals surface area contributed by atoms with Crippen LogP contribution in [0.15, 0.2) is 23.8 Å². The number of carbonyl (C=O) groups is 1. The largest absolute Gasteiger partial charge is 0.478 e. The molecule has 0 unspecified atom stereocenters. The molecule has 0 aromatic heterocycles. The molecule has 114 valence electrons. The Labute approximate surface area is 129 Å². The predicted octanol–water partition coefficient (Wildman–Crippen LogP) is 3.69. The van der Waals surface area contributed by atoms with Gasteiger partial charge in [0.1, 0.15) is 6.10 Å². The van der Waals surface area contributed by atoms with Crippen molar-refractivity contribution in [2.24, 2.45) is 0 Å². The first kappa shape index (κ1) is 16.0. The third kappa shape index (κ3) is 4.56. The van der Waals surface area contributed by atoms with Gasteiger partial charge in [0.2, 0.25) is 0 Å². The second kappa shape index (κ2) is 7.07. The molecule has 1 aliphatic heterocycles. The Bertz CT molecular complexity index is 549. The molecule has 0 aliphatic carbocycles. The van der Waals surface area contributed by atoms with Crippen LogP contribution in [0.2, 0.25) is 5.02 Å². The number of epoxide rings is 1. The molecule has 4 nitrogen and oxygen atoms in total. The van der Waals surface area contributed by atoms with Gasteiger partial charge in [0.15, 0.2) is 0 Å². The summed E-state index contributed by atoms with van der Waals surface area (Å²) in [7, 11) is 0. The van der Waals surface area contributed by atoms with Crippen molar-refractivity contribution in [1.29, 1.82) is 0 Å². The number of ether oxygens (including phenoxy) is 2. The average molecular weight is 311 g/mol. The van der Waals surface area contributed by atoms with Crippen LogP contribution in [0.1, 0.15) is 37.5 Å². The third-order valence-electron chi connectivity index (χ3n) is 3.41. The molecule has 1 N–H and O–H groups in total. The summed E-state index contributed by atoms with van der Waals surface area (Å²) in [6, 6.07) is 5.43. The van der Waals surface area contributed by atoms with Crippen LogP contribution in [0.3, 0.4) is 0 Å². The van der Waals surface area contributed by atoms with Crippen molar-refractivity contribution < 1.29 is 19.4 Å². The molecular weight excluding hydrogens is 292 g/mol. The summed E-state index contributed by atoms with van der Waals surface area (Å²) in [5, 5.41) is 9.74. The van der Waals surface area contributed by atoms with Crippen LogP contribution in [0, 0.1) is 0 Å². The van der Waals surface area contributed by atoms with E-state index in [1.54, 1.807) is 18.2 Å². The third-order valence-corrected chi connectivity index (χ3v) is 3.64. The second-order valence-corrected chi connectivity index (χ2v) is 5.47. The number of carboxylic acid groups (broad SMARTS) is 1. The highest BCUT2D eigenvalue weighted by Gasteiger charge is 2.24.